The molecule has 0 unspecified atom stereocenters. The lowest BCUT2D eigenvalue weighted by molar-refractivity contribution is 0.0115. The largest absolute Gasteiger partial charge is 0.477 e. The number of alkyl halides is 1. The van der Waals surface area contributed by atoms with Gasteiger partial charge in [0.1, 0.15) is 35.1 Å². The van der Waals surface area contributed by atoms with E-state index >= 15 is 4.39 Å². The lowest BCUT2D eigenvalue weighted by atomic mass is 9.95. The van der Waals surface area contributed by atoms with Gasteiger partial charge in [-0.15, -0.1) is 0 Å². The van der Waals surface area contributed by atoms with Crippen LogP contribution in [0.5, 0.6) is 11.9 Å². The third-order valence-electron chi connectivity index (χ3n) is 8.33. The van der Waals surface area contributed by atoms with Crippen LogP contribution >= 0.6 is 11.6 Å². The maximum absolute atomic E-state index is 15.4. The molecule has 6 rings (SSSR count). The van der Waals surface area contributed by atoms with E-state index in [9.17, 15) is 9.18 Å². The topological polar surface area (TPSA) is 93.1 Å². The molecule has 6 heterocycles. The van der Waals surface area contributed by atoms with Crippen molar-refractivity contribution in [3.8, 4) is 11.9 Å². The first kappa shape index (κ1) is 27.4. The zero-order chi connectivity index (χ0) is 28.4. The van der Waals surface area contributed by atoms with Crippen molar-refractivity contribution in [1.29, 1.82) is 0 Å². The number of hydrogen-bond acceptors (Lipinski definition) is 9. The third kappa shape index (κ3) is 4.87. The van der Waals surface area contributed by atoms with Crippen LogP contribution in [0.4, 0.5) is 19.4 Å². The van der Waals surface area contributed by atoms with Gasteiger partial charge in [0.05, 0.1) is 18.2 Å². The van der Waals surface area contributed by atoms with Crippen molar-refractivity contribution in [2.75, 3.05) is 44.3 Å². The standard InChI is InChI=1S/C27H35ClF2N6O4/c1-15-11-36-17(13-35(15)25(37)40-26(2,3)4)6-9-38-23-18-20(19(30)21(28)32-23)31-24(33-22(18)36)39-14-27-7-5-8-34(27)12-16(29)10-27/h15-17H,5-14H2,1-4H3/t15-,16-,17+,27+/m1/s1. The van der Waals surface area contributed by atoms with Crippen LogP contribution in [0.15, 0.2) is 0 Å². The molecular formula is C27H35ClF2N6O4. The van der Waals surface area contributed by atoms with Crippen LogP contribution in [-0.4, -0.2) is 99.6 Å². The van der Waals surface area contributed by atoms with Crippen molar-refractivity contribution in [1.82, 2.24) is 24.8 Å². The molecule has 0 aliphatic carbocycles. The quantitative estimate of drug-likeness (QED) is 0.491. The first-order valence-corrected chi connectivity index (χ1v) is 14.3. The van der Waals surface area contributed by atoms with Crippen molar-refractivity contribution in [2.45, 2.75) is 82.8 Å². The summed E-state index contributed by atoms with van der Waals surface area (Å²) < 4.78 is 47.5. The van der Waals surface area contributed by atoms with Gasteiger partial charge in [0.2, 0.25) is 5.88 Å². The number of fused-ring (bicyclic) bond motifs is 3. The Kier molecular flexibility index (Phi) is 6.84. The predicted octanol–water partition coefficient (Wildman–Crippen LogP) is 4.37. The molecule has 13 heteroatoms. The number of carbonyl (C=O) groups excluding carboxylic acids is 1. The average Bonchev–Trinajstić information content (AvgIpc) is 3.39. The van der Waals surface area contributed by atoms with Crippen molar-refractivity contribution in [3.05, 3.63) is 11.0 Å². The Bertz CT molecular complexity index is 1330. The Morgan fingerprint density at radius 1 is 1.23 bits per heavy atom. The van der Waals surface area contributed by atoms with E-state index in [-0.39, 0.29) is 54.0 Å². The normalized spacial score (nSPS) is 28.5. The minimum atomic E-state index is -0.902. The zero-order valence-corrected chi connectivity index (χ0v) is 24.0. The first-order valence-electron chi connectivity index (χ1n) is 13.9. The number of rotatable bonds is 3. The van der Waals surface area contributed by atoms with Crippen LogP contribution in [0.25, 0.3) is 10.9 Å². The van der Waals surface area contributed by atoms with E-state index in [2.05, 4.69) is 19.8 Å². The van der Waals surface area contributed by atoms with Crippen LogP contribution in [0, 0.1) is 5.82 Å². The molecule has 4 aliphatic heterocycles. The van der Waals surface area contributed by atoms with Crippen molar-refractivity contribution >= 4 is 34.4 Å². The van der Waals surface area contributed by atoms with Crippen molar-refractivity contribution in [2.24, 2.45) is 0 Å². The number of anilines is 1. The van der Waals surface area contributed by atoms with Crippen LogP contribution in [0.1, 0.15) is 53.4 Å². The number of nitrogens with zero attached hydrogens (tertiary/aromatic N) is 6. The third-order valence-corrected chi connectivity index (χ3v) is 8.58. The molecule has 40 heavy (non-hydrogen) atoms. The fourth-order valence-electron chi connectivity index (χ4n) is 6.51. The molecule has 2 aromatic heterocycles. The van der Waals surface area contributed by atoms with Crippen molar-refractivity contribution in [3.63, 3.8) is 0 Å². The van der Waals surface area contributed by atoms with Crippen LogP contribution in [-0.2, 0) is 4.74 Å². The van der Waals surface area contributed by atoms with E-state index in [4.69, 9.17) is 30.8 Å². The SMILES string of the molecule is C[C@@H]1CN2c3nc(OC[C@@]45CCCN4C[C@H](F)C5)nc4c(F)c(Cl)nc(c34)OCC[C@H]2CN1C(=O)OC(C)(C)C. The summed E-state index contributed by atoms with van der Waals surface area (Å²) in [6.07, 6.45) is 1.45. The Morgan fingerprint density at radius 2 is 2.02 bits per heavy atom. The summed E-state index contributed by atoms with van der Waals surface area (Å²) in [5.74, 6) is -0.227. The summed E-state index contributed by atoms with van der Waals surface area (Å²) in [5, 5.41) is -0.0443. The van der Waals surface area contributed by atoms with E-state index in [1.54, 1.807) is 4.90 Å². The van der Waals surface area contributed by atoms with Gasteiger partial charge in [-0.3, -0.25) is 4.90 Å². The highest BCUT2D eigenvalue weighted by atomic mass is 35.5. The molecule has 0 radical (unpaired) electrons. The maximum atomic E-state index is 15.4. The molecule has 0 aromatic carbocycles. The summed E-state index contributed by atoms with van der Waals surface area (Å²) in [5.41, 5.74) is -1.09. The van der Waals surface area contributed by atoms with Gasteiger partial charge >= 0.3 is 12.1 Å². The molecule has 0 saturated carbocycles. The second kappa shape index (κ2) is 9.97. The van der Waals surface area contributed by atoms with Gasteiger partial charge in [-0.25, -0.2) is 13.6 Å². The average molecular weight is 581 g/mol. The van der Waals surface area contributed by atoms with Gasteiger partial charge in [-0.2, -0.15) is 15.0 Å². The van der Waals surface area contributed by atoms with E-state index in [1.165, 1.54) is 0 Å². The fourth-order valence-corrected chi connectivity index (χ4v) is 6.68. The van der Waals surface area contributed by atoms with Crippen molar-refractivity contribution < 1.29 is 27.8 Å². The second-order valence-electron chi connectivity index (χ2n) is 12.4. The minimum Gasteiger partial charge on any atom is -0.477 e. The molecule has 0 spiro atoms. The smallest absolute Gasteiger partial charge is 0.410 e. The summed E-state index contributed by atoms with van der Waals surface area (Å²) >= 11 is 6.14. The first-order chi connectivity index (χ1) is 18.9. The maximum Gasteiger partial charge on any atom is 0.410 e. The number of halogens is 3. The van der Waals surface area contributed by atoms with Crippen LogP contribution in [0.3, 0.4) is 0 Å². The van der Waals surface area contributed by atoms with Crippen LogP contribution in [0.2, 0.25) is 5.15 Å². The monoisotopic (exact) mass is 580 g/mol. The summed E-state index contributed by atoms with van der Waals surface area (Å²) in [7, 11) is 0. The van der Waals surface area contributed by atoms with E-state index in [1.807, 2.05) is 27.7 Å². The molecule has 3 saturated heterocycles. The molecule has 2 aromatic rings. The fraction of sp³-hybridized carbons (Fsp3) is 0.704. The van der Waals surface area contributed by atoms with E-state index in [0.717, 1.165) is 19.4 Å². The lowest BCUT2D eigenvalue weighted by Crippen LogP contribution is -2.60. The van der Waals surface area contributed by atoms with Crippen LogP contribution < -0.4 is 14.4 Å². The van der Waals surface area contributed by atoms with Gasteiger partial charge in [0.25, 0.3) is 0 Å². The van der Waals surface area contributed by atoms with Gasteiger partial charge in [-0.1, -0.05) is 11.6 Å². The highest BCUT2D eigenvalue weighted by Crippen LogP contribution is 2.42. The van der Waals surface area contributed by atoms with E-state index in [0.29, 0.717) is 43.7 Å². The molecule has 1 amide bonds. The Balaban J connectivity index is 1.37. The molecular weight excluding hydrogens is 546 g/mol. The molecule has 4 aliphatic rings. The molecule has 10 nitrogen and oxygen atoms in total. The number of ether oxygens (including phenoxy) is 3. The highest BCUT2D eigenvalue weighted by Gasteiger charge is 2.49. The summed E-state index contributed by atoms with van der Waals surface area (Å²) in [4.78, 5) is 32.2. The number of hydrogen-bond donors (Lipinski definition) is 0. The zero-order valence-electron chi connectivity index (χ0n) is 23.3. The van der Waals surface area contributed by atoms with Gasteiger partial charge in [0.15, 0.2) is 11.0 Å². The Morgan fingerprint density at radius 3 is 2.80 bits per heavy atom. The number of pyridine rings is 1. The number of carbonyl (C=O) groups is 1. The highest BCUT2D eigenvalue weighted by molar-refractivity contribution is 6.30. The van der Waals surface area contributed by atoms with Gasteiger partial charge in [0, 0.05) is 38.5 Å². The Labute approximate surface area is 236 Å². The molecule has 4 atom stereocenters. The predicted molar refractivity (Wildman–Crippen MR) is 144 cm³/mol. The summed E-state index contributed by atoms with van der Waals surface area (Å²) in [6, 6.07) is -0.424. The number of amides is 1. The second-order valence-corrected chi connectivity index (χ2v) is 12.7. The molecule has 3 fully saturated rings. The molecule has 0 N–H and O–H groups in total. The van der Waals surface area contributed by atoms with E-state index < -0.39 is 23.1 Å². The number of aromatic nitrogens is 3. The Hall–Kier alpha value is -2.73. The molecule has 0 bridgehead atoms. The molecule has 218 valence electrons. The minimum absolute atomic E-state index is 0.0142. The lowest BCUT2D eigenvalue weighted by Gasteiger charge is -2.46. The van der Waals surface area contributed by atoms with Gasteiger partial charge < -0.3 is 24.0 Å². The number of piperazine rings is 1. The summed E-state index contributed by atoms with van der Waals surface area (Å²) in [6.45, 7) is 9.93. The van der Waals surface area contributed by atoms with Gasteiger partial charge in [-0.05, 0) is 47.1 Å².